The molecular weight excluding hydrogens is 483 g/mol. The van der Waals surface area contributed by atoms with Crippen LogP contribution in [0, 0.1) is 13.8 Å². The molecule has 0 atom stereocenters. The molecule has 1 N–H and O–H groups in total. The topological polar surface area (TPSA) is 81.7 Å². The number of esters is 2. The third kappa shape index (κ3) is 6.07. The van der Waals surface area contributed by atoms with Crippen LogP contribution in [0.2, 0.25) is 0 Å². The van der Waals surface area contributed by atoms with Crippen molar-refractivity contribution in [1.82, 2.24) is 0 Å². The largest absolute Gasteiger partial charge is 0.462 e. The molecule has 1 heterocycles. The zero-order valence-corrected chi connectivity index (χ0v) is 19.9. The zero-order chi connectivity index (χ0) is 25.8. The fraction of sp³-hybridized carbons (Fsp3) is 0.240. The van der Waals surface area contributed by atoms with Crippen LogP contribution in [0.25, 0.3) is 11.1 Å². The lowest BCUT2D eigenvalue weighted by Crippen LogP contribution is -2.22. The number of amides is 1. The molecule has 0 spiro atoms. The third-order valence-corrected chi connectivity index (χ3v) is 6.25. The van der Waals surface area contributed by atoms with Crippen LogP contribution in [0.5, 0.6) is 0 Å². The van der Waals surface area contributed by atoms with Crippen LogP contribution >= 0.6 is 11.3 Å². The molecule has 0 unspecified atom stereocenters. The maximum absolute atomic E-state index is 12.9. The summed E-state index contributed by atoms with van der Waals surface area (Å²) < 4.78 is 48.8. The molecule has 0 fully saturated rings. The predicted octanol–water partition coefficient (Wildman–Crippen LogP) is 6.02. The van der Waals surface area contributed by atoms with E-state index < -0.39 is 36.2 Å². The number of carbonyl (C=O) groups is 3. The number of carbonyl (C=O) groups excluding carboxylic acids is 3. The Kier molecular flexibility index (Phi) is 7.96. The van der Waals surface area contributed by atoms with Crippen LogP contribution in [0.1, 0.15) is 43.6 Å². The van der Waals surface area contributed by atoms with Crippen LogP contribution in [0.4, 0.5) is 18.2 Å². The van der Waals surface area contributed by atoms with Gasteiger partial charge in [0, 0.05) is 4.88 Å². The number of alkyl halides is 3. The molecule has 0 bridgehead atoms. The van der Waals surface area contributed by atoms with Crippen LogP contribution in [-0.2, 0) is 20.4 Å². The van der Waals surface area contributed by atoms with E-state index >= 15 is 0 Å². The van der Waals surface area contributed by atoms with Crippen LogP contribution < -0.4 is 5.32 Å². The number of rotatable bonds is 7. The summed E-state index contributed by atoms with van der Waals surface area (Å²) in [5.41, 5.74) is 0.974. The average molecular weight is 506 g/mol. The van der Waals surface area contributed by atoms with Gasteiger partial charge in [-0.15, -0.1) is 11.3 Å². The van der Waals surface area contributed by atoms with E-state index in [1.165, 1.54) is 29.5 Å². The second-order valence-corrected chi connectivity index (χ2v) is 8.68. The first-order chi connectivity index (χ1) is 16.5. The highest BCUT2D eigenvalue weighted by molar-refractivity contribution is 7.16. The number of halogens is 3. The summed E-state index contributed by atoms with van der Waals surface area (Å²) in [5.74, 6) is -2.04. The highest BCUT2D eigenvalue weighted by atomic mass is 32.1. The lowest BCUT2D eigenvalue weighted by molar-refractivity contribution is -0.137. The minimum absolute atomic E-state index is 0.0927. The summed E-state index contributed by atoms with van der Waals surface area (Å²) in [7, 11) is 0. The molecule has 0 aliphatic heterocycles. The van der Waals surface area contributed by atoms with Crippen molar-refractivity contribution in [2.75, 3.05) is 18.5 Å². The first-order valence-electron chi connectivity index (χ1n) is 10.5. The van der Waals surface area contributed by atoms with Crippen molar-refractivity contribution < 1.29 is 37.0 Å². The summed E-state index contributed by atoms with van der Waals surface area (Å²) >= 11 is 1.20. The Balaban J connectivity index is 1.72. The standard InChI is InChI=1S/C25H22F3NO5S/c1-4-33-24(32)21-14(2)15(3)35-22(21)29-20(30)13-34-23(31)19-8-6-5-7-18(19)16-9-11-17(12-10-16)25(26,27)28/h5-12H,4,13H2,1-3H3,(H,29,30). The van der Waals surface area contributed by atoms with Gasteiger partial charge in [-0.1, -0.05) is 30.3 Å². The number of hydrogen-bond donors (Lipinski definition) is 1. The highest BCUT2D eigenvalue weighted by Crippen LogP contribution is 2.34. The Labute approximate surface area is 203 Å². The molecule has 10 heteroatoms. The molecule has 3 aromatic rings. The second-order valence-electron chi connectivity index (χ2n) is 7.45. The van der Waals surface area contributed by atoms with E-state index in [0.717, 1.165) is 17.0 Å². The van der Waals surface area contributed by atoms with Gasteiger partial charge in [0.05, 0.1) is 23.3 Å². The van der Waals surface area contributed by atoms with E-state index in [-0.39, 0.29) is 17.7 Å². The van der Waals surface area contributed by atoms with E-state index in [4.69, 9.17) is 9.47 Å². The van der Waals surface area contributed by atoms with Crippen LogP contribution in [0.15, 0.2) is 48.5 Å². The minimum atomic E-state index is -4.48. The predicted molar refractivity (Wildman–Crippen MR) is 126 cm³/mol. The third-order valence-electron chi connectivity index (χ3n) is 5.12. The lowest BCUT2D eigenvalue weighted by atomic mass is 9.98. The number of ether oxygens (including phenoxy) is 2. The van der Waals surface area contributed by atoms with Crippen molar-refractivity contribution in [1.29, 1.82) is 0 Å². The summed E-state index contributed by atoms with van der Waals surface area (Å²) in [6.07, 6.45) is -4.48. The van der Waals surface area contributed by atoms with Crippen molar-refractivity contribution in [3.8, 4) is 11.1 Å². The van der Waals surface area contributed by atoms with E-state index in [0.29, 0.717) is 21.7 Å². The minimum Gasteiger partial charge on any atom is -0.462 e. The average Bonchev–Trinajstić information content (AvgIpc) is 3.09. The molecule has 0 saturated carbocycles. The SMILES string of the molecule is CCOC(=O)c1c(NC(=O)COC(=O)c2ccccc2-c2ccc(C(F)(F)F)cc2)sc(C)c1C. The molecule has 3 rings (SSSR count). The van der Waals surface area contributed by atoms with Gasteiger partial charge in [-0.3, -0.25) is 4.79 Å². The lowest BCUT2D eigenvalue weighted by Gasteiger charge is -2.12. The van der Waals surface area contributed by atoms with Gasteiger partial charge in [0.15, 0.2) is 6.61 Å². The Morgan fingerprint density at radius 3 is 2.23 bits per heavy atom. The first-order valence-corrected chi connectivity index (χ1v) is 11.3. The van der Waals surface area contributed by atoms with Crippen molar-refractivity contribution in [2.45, 2.75) is 26.9 Å². The van der Waals surface area contributed by atoms with Gasteiger partial charge in [0.25, 0.3) is 5.91 Å². The van der Waals surface area contributed by atoms with Crippen molar-refractivity contribution >= 4 is 34.2 Å². The number of benzene rings is 2. The molecular formula is C25H22F3NO5S. The fourth-order valence-corrected chi connectivity index (χ4v) is 4.35. The number of nitrogens with one attached hydrogen (secondary N) is 1. The second kappa shape index (κ2) is 10.7. The van der Waals surface area contributed by atoms with E-state index in [1.807, 2.05) is 0 Å². The Bertz CT molecular complexity index is 1250. The molecule has 184 valence electrons. The van der Waals surface area contributed by atoms with Crippen molar-refractivity contribution in [3.05, 3.63) is 75.7 Å². The number of aryl methyl sites for hydroxylation is 1. The van der Waals surface area contributed by atoms with Gasteiger partial charge in [-0.25, -0.2) is 9.59 Å². The summed E-state index contributed by atoms with van der Waals surface area (Å²) in [6.45, 7) is 4.77. The molecule has 35 heavy (non-hydrogen) atoms. The summed E-state index contributed by atoms with van der Waals surface area (Å²) in [5, 5.41) is 2.88. The molecule has 0 aliphatic carbocycles. The van der Waals surface area contributed by atoms with Gasteiger partial charge in [0.2, 0.25) is 0 Å². The number of anilines is 1. The van der Waals surface area contributed by atoms with Gasteiger partial charge in [0.1, 0.15) is 5.00 Å². The van der Waals surface area contributed by atoms with E-state index in [2.05, 4.69) is 5.32 Å². The summed E-state index contributed by atoms with van der Waals surface area (Å²) in [6, 6.07) is 10.6. The molecule has 1 amide bonds. The smallest absolute Gasteiger partial charge is 0.416 e. The number of hydrogen-bond acceptors (Lipinski definition) is 6. The van der Waals surface area contributed by atoms with Gasteiger partial charge in [-0.05, 0) is 55.7 Å². The van der Waals surface area contributed by atoms with Crippen LogP contribution in [0.3, 0.4) is 0 Å². The maximum Gasteiger partial charge on any atom is 0.416 e. The van der Waals surface area contributed by atoms with E-state index in [9.17, 15) is 27.6 Å². The normalized spacial score (nSPS) is 11.1. The van der Waals surface area contributed by atoms with Gasteiger partial charge >= 0.3 is 18.1 Å². The highest BCUT2D eigenvalue weighted by Gasteiger charge is 2.30. The quantitative estimate of drug-likeness (QED) is 0.397. The fourth-order valence-electron chi connectivity index (χ4n) is 3.29. The zero-order valence-electron chi connectivity index (χ0n) is 19.1. The van der Waals surface area contributed by atoms with Crippen molar-refractivity contribution in [2.24, 2.45) is 0 Å². The van der Waals surface area contributed by atoms with Crippen LogP contribution in [-0.4, -0.2) is 31.1 Å². The van der Waals surface area contributed by atoms with E-state index in [1.54, 1.807) is 39.0 Å². The summed E-state index contributed by atoms with van der Waals surface area (Å²) in [4.78, 5) is 38.2. The molecule has 0 saturated heterocycles. The molecule has 1 aromatic heterocycles. The Hall–Kier alpha value is -3.66. The molecule has 0 aliphatic rings. The molecule has 2 aromatic carbocycles. The number of thiophene rings is 1. The first kappa shape index (κ1) is 26.0. The molecule has 6 nitrogen and oxygen atoms in total. The van der Waals surface area contributed by atoms with Crippen molar-refractivity contribution in [3.63, 3.8) is 0 Å². The molecule has 0 radical (unpaired) electrons. The van der Waals surface area contributed by atoms with Gasteiger partial charge < -0.3 is 14.8 Å². The maximum atomic E-state index is 12.9. The Morgan fingerprint density at radius 1 is 0.943 bits per heavy atom. The van der Waals surface area contributed by atoms with Gasteiger partial charge in [-0.2, -0.15) is 13.2 Å². The monoisotopic (exact) mass is 505 g/mol. The Morgan fingerprint density at radius 2 is 1.60 bits per heavy atom.